The van der Waals surface area contributed by atoms with Crippen LogP contribution < -0.4 is 0 Å². The van der Waals surface area contributed by atoms with E-state index in [9.17, 15) is 0 Å². The molecule has 0 fully saturated rings. The average Bonchev–Trinajstić information content (AvgIpc) is 2.66. The molecular weight excluding hydrogens is 473 g/mol. The van der Waals surface area contributed by atoms with Gasteiger partial charge in [0, 0.05) is 39.6 Å². The molecule has 0 rings (SSSR count). The van der Waals surface area contributed by atoms with Gasteiger partial charge in [-0.3, -0.25) is 0 Å². The summed E-state index contributed by atoms with van der Waals surface area (Å²) in [6.45, 7) is 19.8. The number of rotatable bonds is 19. The summed E-state index contributed by atoms with van der Waals surface area (Å²) in [6.07, 6.45) is 0. The van der Waals surface area contributed by atoms with E-state index in [1.54, 1.807) is 40.1 Å². The zero-order valence-corrected chi connectivity index (χ0v) is 23.7. The minimum Gasteiger partial charge on any atom is -0.385 e. The molecule has 0 aliphatic heterocycles. The zero-order chi connectivity index (χ0) is 21.5. The van der Waals surface area contributed by atoms with Crippen molar-refractivity contribution in [2.45, 2.75) is 66.8 Å². The maximum atomic E-state index is 6.13. The van der Waals surface area contributed by atoms with Crippen LogP contribution in [0.5, 0.6) is 0 Å². The van der Waals surface area contributed by atoms with E-state index in [1.807, 2.05) is 55.4 Å². The smallest absolute Gasteiger partial charge is 0.385 e. The molecule has 0 bridgehead atoms. The van der Waals surface area contributed by atoms with Gasteiger partial charge in [-0.15, -0.1) is 0 Å². The van der Waals surface area contributed by atoms with E-state index in [0.717, 1.165) is 0 Å². The molecule has 0 N–H and O–H groups in total. The van der Waals surface area contributed by atoms with Crippen LogP contribution in [0.25, 0.3) is 0 Å². The molecule has 0 aromatic rings. The molecule has 2 unspecified atom stereocenters. The third-order valence-corrected chi connectivity index (χ3v) is 25.7. The minimum atomic E-state index is -2.57. The predicted octanol–water partition coefficient (Wildman–Crippen LogP) is 5.62. The van der Waals surface area contributed by atoms with Gasteiger partial charge in [-0.1, -0.05) is 0 Å². The van der Waals surface area contributed by atoms with Crippen LogP contribution in [-0.2, 0) is 27.2 Å². The van der Waals surface area contributed by atoms with Crippen molar-refractivity contribution < 1.29 is 27.2 Å². The molecule has 0 saturated carbocycles. The molecule has 0 aliphatic rings. The van der Waals surface area contributed by atoms with Gasteiger partial charge < -0.3 is 27.2 Å². The summed E-state index contributed by atoms with van der Waals surface area (Å²) >= 11 is 0. The molecule has 28 heavy (non-hydrogen) atoms. The van der Waals surface area contributed by atoms with Crippen molar-refractivity contribution in [2.75, 3.05) is 39.6 Å². The van der Waals surface area contributed by atoms with Crippen molar-refractivity contribution in [1.82, 2.24) is 0 Å². The van der Waals surface area contributed by atoms with Crippen LogP contribution >= 0.6 is 40.1 Å². The van der Waals surface area contributed by atoms with E-state index in [1.165, 1.54) is 0 Å². The molecule has 0 heterocycles. The van der Waals surface area contributed by atoms with Gasteiger partial charge >= 0.3 is 15.4 Å². The summed E-state index contributed by atoms with van der Waals surface area (Å²) in [4.78, 5) is 0. The van der Waals surface area contributed by atoms with E-state index in [0.29, 0.717) is 39.6 Å². The molecule has 6 nitrogen and oxygen atoms in total. The Morgan fingerprint density at radius 3 is 1.04 bits per heavy atom. The quantitative estimate of drug-likeness (QED) is 0.124. The fraction of sp³-hybridized carbons (Fsp3) is 1.00. The third kappa shape index (κ3) is 9.81. The maximum absolute atomic E-state index is 6.13. The second-order valence-electron chi connectivity index (χ2n) is 5.44. The normalized spacial score (nSPS) is 15.0. The minimum absolute atomic E-state index is 0.0661. The zero-order valence-electron chi connectivity index (χ0n) is 18.5. The molecule has 0 aromatic carbocycles. The molecule has 170 valence electrons. The Bertz CT molecular complexity index is 341. The van der Waals surface area contributed by atoms with Gasteiger partial charge in [0.25, 0.3) is 0 Å². The third-order valence-electron chi connectivity index (χ3n) is 3.54. The summed E-state index contributed by atoms with van der Waals surface area (Å²) in [6, 6.07) is 0. The van der Waals surface area contributed by atoms with Gasteiger partial charge in [-0.2, -0.15) is 0 Å². The lowest BCUT2D eigenvalue weighted by molar-refractivity contribution is 0.0746. The Kier molecular flexibility index (Phi) is 18.2. The van der Waals surface area contributed by atoms with Crippen LogP contribution in [-0.4, -0.2) is 66.5 Å². The molecule has 12 heteroatoms. The van der Waals surface area contributed by atoms with E-state index in [2.05, 4.69) is 0 Å². The van der Waals surface area contributed by atoms with Gasteiger partial charge in [0.15, 0.2) is 0 Å². The Labute approximate surface area is 188 Å². The molecule has 0 spiro atoms. The Morgan fingerprint density at radius 1 is 0.536 bits per heavy atom. The molecular formula is C16H38O6S4Si2. The van der Waals surface area contributed by atoms with Crippen molar-refractivity contribution in [3.8, 4) is 0 Å². The van der Waals surface area contributed by atoms with Crippen molar-refractivity contribution in [1.29, 1.82) is 0 Å². The number of hydrogen-bond acceptors (Lipinski definition) is 10. The molecule has 2 atom stereocenters. The summed E-state index contributed by atoms with van der Waals surface area (Å²) in [5.74, 6) is 0. The summed E-state index contributed by atoms with van der Waals surface area (Å²) in [5.41, 5.74) is -0.132. The Morgan fingerprint density at radius 2 is 0.821 bits per heavy atom. The standard InChI is InChI=1S/C16H38O6S4Si2/c1-9-17-15(7)27(19-11-3,20-12-4)25-23-24-26-28(21-13-5,22-14-6)16(8)18-10-2/h15-16H,9-14H2,1-8H3. The van der Waals surface area contributed by atoms with Crippen LogP contribution in [0.1, 0.15) is 55.4 Å². The van der Waals surface area contributed by atoms with Crippen molar-refractivity contribution in [2.24, 2.45) is 0 Å². The van der Waals surface area contributed by atoms with E-state index in [4.69, 9.17) is 27.2 Å². The average molecular weight is 511 g/mol. The Hall–Kier alpha value is 1.59. The van der Waals surface area contributed by atoms with E-state index in [-0.39, 0.29) is 11.5 Å². The van der Waals surface area contributed by atoms with Crippen LogP contribution in [0.3, 0.4) is 0 Å². The monoisotopic (exact) mass is 510 g/mol. The summed E-state index contributed by atoms with van der Waals surface area (Å²) < 4.78 is 36.2. The first-order valence-electron chi connectivity index (χ1n) is 9.90. The number of hydrogen-bond donors (Lipinski definition) is 0. The SMILES string of the molecule is CCOC(C)[Si](OCC)(OCC)SSSS[Si](OCC)(OCC)C(C)OCC. The second kappa shape index (κ2) is 17.2. The lowest BCUT2D eigenvalue weighted by Crippen LogP contribution is -2.51. The van der Waals surface area contributed by atoms with Crippen LogP contribution in [0, 0.1) is 0 Å². The highest BCUT2D eigenvalue weighted by Gasteiger charge is 2.49. The van der Waals surface area contributed by atoms with Crippen molar-refractivity contribution in [3.63, 3.8) is 0 Å². The van der Waals surface area contributed by atoms with Gasteiger partial charge in [-0.25, -0.2) is 0 Å². The van der Waals surface area contributed by atoms with Gasteiger partial charge in [0.05, 0.1) is 0 Å². The summed E-state index contributed by atoms with van der Waals surface area (Å²) in [7, 11) is 1.50. The lowest BCUT2D eigenvalue weighted by atomic mass is 10.8. The van der Waals surface area contributed by atoms with Gasteiger partial charge in [0.1, 0.15) is 11.5 Å². The first-order chi connectivity index (χ1) is 13.4. The highest BCUT2D eigenvalue weighted by atomic mass is 33.7. The predicted molar refractivity (Wildman–Crippen MR) is 131 cm³/mol. The van der Waals surface area contributed by atoms with Gasteiger partial charge in [0.2, 0.25) is 0 Å². The first kappa shape index (κ1) is 29.6. The van der Waals surface area contributed by atoms with Crippen LogP contribution in [0.2, 0.25) is 0 Å². The highest BCUT2D eigenvalue weighted by Crippen LogP contribution is 2.52. The molecule has 0 aliphatic carbocycles. The molecule has 0 saturated heterocycles. The fourth-order valence-electron chi connectivity index (χ4n) is 2.42. The summed E-state index contributed by atoms with van der Waals surface area (Å²) in [5, 5.41) is 0. The van der Waals surface area contributed by atoms with E-state index >= 15 is 0 Å². The fourth-order valence-corrected chi connectivity index (χ4v) is 28.0. The highest BCUT2D eigenvalue weighted by molar-refractivity contribution is 9.31. The first-order valence-corrected chi connectivity index (χ1v) is 20.0. The lowest BCUT2D eigenvalue weighted by Gasteiger charge is -2.34. The van der Waals surface area contributed by atoms with Gasteiger partial charge in [-0.05, 0) is 95.5 Å². The molecule has 0 aromatic heterocycles. The molecule has 0 amide bonds. The maximum Gasteiger partial charge on any atom is 0.447 e. The largest absolute Gasteiger partial charge is 0.447 e. The topological polar surface area (TPSA) is 55.4 Å². The Balaban J connectivity index is 5.10. The number of ether oxygens (including phenoxy) is 2. The van der Waals surface area contributed by atoms with Crippen molar-refractivity contribution in [3.05, 3.63) is 0 Å². The van der Waals surface area contributed by atoms with Crippen molar-refractivity contribution >= 4 is 55.6 Å². The molecule has 0 radical (unpaired) electrons. The van der Waals surface area contributed by atoms with E-state index < -0.39 is 15.4 Å². The van der Waals surface area contributed by atoms with Crippen LogP contribution in [0.15, 0.2) is 0 Å². The second-order valence-corrected chi connectivity index (χ2v) is 21.9. The van der Waals surface area contributed by atoms with Crippen LogP contribution in [0.4, 0.5) is 0 Å².